The van der Waals surface area contributed by atoms with Crippen LogP contribution in [-0.4, -0.2) is 25.1 Å². The van der Waals surface area contributed by atoms with Crippen molar-refractivity contribution < 1.29 is 0 Å². The Morgan fingerprint density at radius 2 is 2.28 bits per heavy atom. The minimum atomic E-state index is 0.476. The highest BCUT2D eigenvalue weighted by Gasteiger charge is 2.24. The summed E-state index contributed by atoms with van der Waals surface area (Å²) in [5.74, 6) is 0. The van der Waals surface area contributed by atoms with Crippen LogP contribution in [0.5, 0.6) is 0 Å². The third kappa shape index (κ3) is 2.86. The molecular formula is C14H25N3S. The van der Waals surface area contributed by atoms with Crippen LogP contribution in [0.2, 0.25) is 0 Å². The van der Waals surface area contributed by atoms with Gasteiger partial charge >= 0.3 is 0 Å². The molecule has 1 unspecified atom stereocenters. The maximum Gasteiger partial charge on any atom is 0.185 e. The highest BCUT2D eigenvalue weighted by atomic mass is 32.1. The molecule has 0 radical (unpaired) electrons. The molecule has 1 aromatic heterocycles. The first kappa shape index (κ1) is 13.8. The number of thiazole rings is 1. The van der Waals surface area contributed by atoms with E-state index in [2.05, 4.69) is 24.1 Å². The summed E-state index contributed by atoms with van der Waals surface area (Å²) in [6.45, 7) is 6.68. The van der Waals surface area contributed by atoms with Gasteiger partial charge < -0.3 is 10.2 Å². The number of rotatable bonds is 6. The minimum Gasteiger partial charge on any atom is -0.348 e. The van der Waals surface area contributed by atoms with E-state index in [0.29, 0.717) is 6.04 Å². The van der Waals surface area contributed by atoms with Crippen molar-refractivity contribution >= 4 is 16.5 Å². The molecule has 0 spiro atoms. The average molecular weight is 267 g/mol. The number of nitrogens with zero attached hydrogens (tertiary/aromatic N) is 2. The number of aromatic nitrogens is 1. The monoisotopic (exact) mass is 267 g/mol. The number of unbranched alkanes of at least 4 members (excludes halogenated alkanes) is 1. The first-order valence-electron chi connectivity index (χ1n) is 7.21. The Labute approximate surface area is 115 Å². The molecule has 4 heteroatoms. The molecular weight excluding hydrogens is 242 g/mol. The lowest BCUT2D eigenvalue weighted by Crippen LogP contribution is -2.24. The predicted molar refractivity (Wildman–Crippen MR) is 79.6 cm³/mol. The van der Waals surface area contributed by atoms with Crippen molar-refractivity contribution in [2.45, 2.75) is 52.0 Å². The van der Waals surface area contributed by atoms with Crippen LogP contribution >= 0.6 is 11.3 Å². The Hall–Kier alpha value is -0.610. The van der Waals surface area contributed by atoms with Crippen molar-refractivity contribution in [2.75, 3.05) is 25.0 Å². The normalized spacial score (nSPS) is 18.7. The van der Waals surface area contributed by atoms with Crippen LogP contribution in [0, 0.1) is 0 Å². The van der Waals surface area contributed by atoms with Gasteiger partial charge in [0.05, 0.1) is 11.7 Å². The van der Waals surface area contributed by atoms with E-state index in [9.17, 15) is 0 Å². The van der Waals surface area contributed by atoms with Crippen molar-refractivity contribution in [3.63, 3.8) is 0 Å². The summed E-state index contributed by atoms with van der Waals surface area (Å²) in [5.41, 5.74) is 1.32. The standard InChI is InChI=1S/C14H25N3S/c1-4-6-10-17(5-2)14-16-13-11(15-3)8-7-9-12(13)18-14/h11,15H,4-10H2,1-3H3. The minimum absolute atomic E-state index is 0.476. The summed E-state index contributed by atoms with van der Waals surface area (Å²) in [4.78, 5) is 8.84. The summed E-state index contributed by atoms with van der Waals surface area (Å²) in [6.07, 6.45) is 6.25. The smallest absolute Gasteiger partial charge is 0.185 e. The lowest BCUT2D eigenvalue weighted by atomic mass is 9.98. The van der Waals surface area contributed by atoms with Gasteiger partial charge in [-0.05, 0) is 39.7 Å². The quantitative estimate of drug-likeness (QED) is 0.856. The number of fused-ring (bicyclic) bond motifs is 1. The molecule has 1 atom stereocenters. The highest BCUT2D eigenvalue weighted by molar-refractivity contribution is 7.15. The zero-order valence-corrected chi connectivity index (χ0v) is 12.6. The Morgan fingerprint density at radius 1 is 1.44 bits per heavy atom. The van der Waals surface area contributed by atoms with Gasteiger partial charge in [0, 0.05) is 18.0 Å². The molecule has 1 aliphatic rings. The van der Waals surface area contributed by atoms with E-state index in [-0.39, 0.29) is 0 Å². The van der Waals surface area contributed by atoms with E-state index in [1.807, 2.05) is 18.4 Å². The van der Waals surface area contributed by atoms with E-state index in [1.165, 1.54) is 47.8 Å². The molecule has 0 aliphatic heterocycles. The second-order valence-electron chi connectivity index (χ2n) is 4.97. The molecule has 0 fully saturated rings. The highest BCUT2D eigenvalue weighted by Crippen LogP contribution is 2.36. The molecule has 1 N–H and O–H groups in total. The SMILES string of the molecule is CCCCN(CC)c1nc2c(s1)CCCC2NC. The van der Waals surface area contributed by atoms with Gasteiger partial charge in [-0.25, -0.2) is 4.98 Å². The molecule has 1 heterocycles. The van der Waals surface area contributed by atoms with E-state index < -0.39 is 0 Å². The molecule has 0 bridgehead atoms. The van der Waals surface area contributed by atoms with Crippen LogP contribution in [-0.2, 0) is 6.42 Å². The fourth-order valence-corrected chi connectivity index (χ4v) is 3.81. The van der Waals surface area contributed by atoms with Gasteiger partial charge in [-0.1, -0.05) is 13.3 Å². The van der Waals surface area contributed by atoms with Gasteiger partial charge in [-0.3, -0.25) is 0 Å². The summed E-state index contributed by atoms with van der Waals surface area (Å²) in [6, 6.07) is 0.476. The zero-order chi connectivity index (χ0) is 13.0. The van der Waals surface area contributed by atoms with Gasteiger partial charge in [0.25, 0.3) is 0 Å². The van der Waals surface area contributed by atoms with Crippen LogP contribution in [0.3, 0.4) is 0 Å². The Balaban J connectivity index is 2.16. The topological polar surface area (TPSA) is 28.2 Å². The lowest BCUT2D eigenvalue weighted by Gasteiger charge is -2.20. The maximum absolute atomic E-state index is 4.91. The molecule has 3 nitrogen and oxygen atoms in total. The first-order valence-corrected chi connectivity index (χ1v) is 8.03. The fraction of sp³-hybridized carbons (Fsp3) is 0.786. The van der Waals surface area contributed by atoms with Crippen LogP contribution in [0.25, 0.3) is 0 Å². The van der Waals surface area contributed by atoms with Crippen LogP contribution < -0.4 is 10.2 Å². The molecule has 1 aromatic rings. The summed E-state index contributed by atoms with van der Waals surface area (Å²) in [5, 5.41) is 4.63. The third-order valence-corrected chi connectivity index (χ3v) is 4.92. The second kappa shape index (κ2) is 6.53. The van der Waals surface area contributed by atoms with E-state index in [1.54, 1.807) is 0 Å². The number of anilines is 1. The Bertz CT molecular complexity index is 375. The van der Waals surface area contributed by atoms with E-state index in [0.717, 1.165) is 13.1 Å². The Morgan fingerprint density at radius 3 is 2.94 bits per heavy atom. The van der Waals surface area contributed by atoms with Gasteiger partial charge in [0.1, 0.15) is 0 Å². The average Bonchev–Trinajstić information content (AvgIpc) is 2.83. The van der Waals surface area contributed by atoms with Crippen LogP contribution in [0.4, 0.5) is 5.13 Å². The molecule has 0 saturated carbocycles. The predicted octanol–water partition coefficient (Wildman–Crippen LogP) is 3.37. The van der Waals surface area contributed by atoms with Crippen molar-refractivity contribution in [3.8, 4) is 0 Å². The van der Waals surface area contributed by atoms with E-state index in [4.69, 9.17) is 4.98 Å². The molecule has 0 aromatic carbocycles. The molecule has 1 aliphatic carbocycles. The molecule has 102 valence electrons. The van der Waals surface area contributed by atoms with Crippen molar-refractivity contribution in [2.24, 2.45) is 0 Å². The Kier molecular flexibility index (Phi) is 5.01. The largest absolute Gasteiger partial charge is 0.348 e. The van der Waals surface area contributed by atoms with Crippen LogP contribution in [0.15, 0.2) is 0 Å². The lowest BCUT2D eigenvalue weighted by molar-refractivity contribution is 0.489. The second-order valence-corrected chi connectivity index (χ2v) is 6.03. The fourth-order valence-electron chi connectivity index (χ4n) is 2.56. The molecule has 0 amide bonds. The number of hydrogen-bond acceptors (Lipinski definition) is 4. The van der Waals surface area contributed by atoms with Gasteiger partial charge in [-0.2, -0.15) is 0 Å². The van der Waals surface area contributed by atoms with Crippen molar-refractivity contribution in [1.82, 2.24) is 10.3 Å². The summed E-state index contributed by atoms with van der Waals surface area (Å²) >= 11 is 1.91. The first-order chi connectivity index (χ1) is 8.80. The number of aryl methyl sites for hydroxylation is 1. The summed E-state index contributed by atoms with van der Waals surface area (Å²) < 4.78 is 0. The van der Waals surface area contributed by atoms with Gasteiger partial charge in [0.15, 0.2) is 5.13 Å². The van der Waals surface area contributed by atoms with Crippen molar-refractivity contribution in [1.29, 1.82) is 0 Å². The van der Waals surface area contributed by atoms with Crippen LogP contribution in [0.1, 0.15) is 56.1 Å². The molecule has 18 heavy (non-hydrogen) atoms. The number of nitrogens with one attached hydrogen (secondary N) is 1. The summed E-state index contributed by atoms with van der Waals surface area (Å²) in [7, 11) is 2.05. The van der Waals surface area contributed by atoms with Gasteiger partial charge in [0.2, 0.25) is 0 Å². The third-order valence-electron chi connectivity index (χ3n) is 3.73. The maximum atomic E-state index is 4.91. The van der Waals surface area contributed by atoms with E-state index >= 15 is 0 Å². The van der Waals surface area contributed by atoms with Gasteiger partial charge in [-0.15, -0.1) is 11.3 Å². The zero-order valence-electron chi connectivity index (χ0n) is 11.8. The molecule has 0 saturated heterocycles. The number of hydrogen-bond donors (Lipinski definition) is 1. The van der Waals surface area contributed by atoms with Crippen molar-refractivity contribution in [3.05, 3.63) is 10.6 Å². The molecule has 2 rings (SSSR count).